The van der Waals surface area contributed by atoms with Crippen LogP contribution >= 0.6 is 11.6 Å². The van der Waals surface area contributed by atoms with Crippen LogP contribution in [-0.2, 0) is 6.54 Å². The molecule has 0 amide bonds. The molecule has 2 aromatic carbocycles. The van der Waals surface area contributed by atoms with Crippen LogP contribution in [-0.4, -0.2) is 9.97 Å². The third kappa shape index (κ3) is 4.05. The molecular formula is C22H18ClFN4. The average Bonchev–Trinajstić information content (AvgIpc) is 2.70. The largest absolute Gasteiger partial charge is 0.381 e. The Hall–Kier alpha value is -3.18. The van der Waals surface area contributed by atoms with Crippen LogP contribution in [0.4, 0.5) is 21.5 Å². The fraction of sp³-hybridized carbons (Fsp3) is 0.0909. The molecule has 140 valence electrons. The first-order valence-corrected chi connectivity index (χ1v) is 9.22. The fourth-order valence-electron chi connectivity index (χ4n) is 3.01. The van der Waals surface area contributed by atoms with E-state index in [4.69, 9.17) is 11.6 Å². The van der Waals surface area contributed by atoms with Gasteiger partial charge in [0.05, 0.1) is 10.5 Å². The minimum absolute atomic E-state index is 0.0823. The van der Waals surface area contributed by atoms with Gasteiger partial charge in [-0.05, 0) is 61.0 Å². The minimum Gasteiger partial charge on any atom is -0.381 e. The number of halogens is 2. The Kier molecular flexibility index (Phi) is 5.08. The predicted molar refractivity (Wildman–Crippen MR) is 113 cm³/mol. The molecule has 0 aliphatic heterocycles. The molecule has 0 saturated heterocycles. The van der Waals surface area contributed by atoms with Gasteiger partial charge in [0.15, 0.2) is 0 Å². The topological polar surface area (TPSA) is 49.8 Å². The van der Waals surface area contributed by atoms with Gasteiger partial charge in [0.25, 0.3) is 0 Å². The van der Waals surface area contributed by atoms with Gasteiger partial charge < -0.3 is 10.6 Å². The molecule has 4 aromatic rings. The number of anilines is 3. The van der Waals surface area contributed by atoms with Crippen molar-refractivity contribution in [2.75, 3.05) is 10.6 Å². The Labute approximate surface area is 167 Å². The van der Waals surface area contributed by atoms with E-state index < -0.39 is 5.82 Å². The molecule has 6 heteroatoms. The standard InChI is InChI=1S/C22H18ClFN4/c1-14-9-22(28-17-4-6-20(24)19(23)11-17)18-10-16(5-7-21(18)27-14)26-13-15-3-2-8-25-12-15/h2-12,26H,13H2,1H3,(H,27,28). The monoisotopic (exact) mass is 392 g/mol. The van der Waals surface area contributed by atoms with E-state index >= 15 is 0 Å². The van der Waals surface area contributed by atoms with Crippen LogP contribution in [0.1, 0.15) is 11.3 Å². The lowest BCUT2D eigenvalue weighted by Gasteiger charge is -2.13. The van der Waals surface area contributed by atoms with Gasteiger partial charge in [0.2, 0.25) is 0 Å². The van der Waals surface area contributed by atoms with Crippen molar-refractivity contribution in [3.8, 4) is 0 Å². The molecule has 0 atom stereocenters. The lowest BCUT2D eigenvalue weighted by Crippen LogP contribution is -2.00. The van der Waals surface area contributed by atoms with Crippen molar-refractivity contribution >= 4 is 39.6 Å². The summed E-state index contributed by atoms with van der Waals surface area (Å²) in [7, 11) is 0. The summed E-state index contributed by atoms with van der Waals surface area (Å²) in [6.07, 6.45) is 3.59. The lowest BCUT2D eigenvalue weighted by atomic mass is 10.1. The normalized spacial score (nSPS) is 10.8. The van der Waals surface area contributed by atoms with Crippen molar-refractivity contribution in [1.29, 1.82) is 0 Å². The maximum atomic E-state index is 13.4. The van der Waals surface area contributed by atoms with Gasteiger partial charge in [-0.3, -0.25) is 9.97 Å². The van der Waals surface area contributed by atoms with Gasteiger partial charge in [-0.25, -0.2) is 4.39 Å². The van der Waals surface area contributed by atoms with Crippen molar-refractivity contribution in [2.24, 2.45) is 0 Å². The maximum absolute atomic E-state index is 13.4. The number of pyridine rings is 2. The Balaban J connectivity index is 1.65. The number of hydrogen-bond acceptors (Lipinski definition) is 4. The van der Waals surface area contributed by atoms with Crippen LogP contribution in [0.2, 0.25) is 5.02 Å². The molecule has 2 heterocycles. The van der Waals surface area contributed by atoms with Crippen LogP contribution < -0.4 is 10.6 Å². The quantitative estimate of drug-likeness (QED) is 0.431. The molecule has 0 radical (unpaired) electrons. The van der Waals surface area contributed by atoms with E-state index in [1.807, 2.05) is 49.5 Å². The Morgan fingerprint density at radius 2 is 1.89 bits per heavy atom. The Morgan fingerprint density at radius 1 is 1.04 bits per heavy atom. The van der Waals surface area contributed by atoms with Crippen LogP contribution in [0.5, 0.6) is 0 Å². The highest BCUT2D eigenvalue weighted by Gasteiger charge is 2.08. The molecule has 0 aliphatic carbocycles. The number of fused-ring (bicyclic) bond motifs is 1. The maximum Gasteiger partial charge on any atom is 0.141 e. The summed E-state index contributed by atoms with van der Waals surface area (Å²) < 4.78 is 13.4. The number of hydrogen-bond donors (Lipinski definition) is 2. The van der Waals surface area contributed by atoms with Gasteiger partial charge in [-0.1, -0.05) is 17.7 Å². The molecule has 28 heavy (non-hydrogen) atoms. The highest BCUT2D eigenvalue weighted by atomic mass is 35.5. The van der Waals surface area contributed by atoms with Crippen molar-refractivity contribution in [2.45, 2.75) is 13.5 Å². The molecule has 4 rings (SSSR count). The minimum atomic E-state index is -0.440. The Bertz CT molecular complexity index is 1130. The molecule has 0 spiro atoms. The number of benzene rings is 2. The van der Waals surface area contributed by atoms with Gasteiger partial charge in [-0.15, -0.1) is 0 Å². The summed E-state index contributed by atoms with van der Waals surface area (Å²) in [5.41, 5.74) is 5.44. The van der Waals surface area contributed by atoms with E-state index in [1.165, 1.54) is 6.07 Å². The number of aromatic nitrogens is 2. The highest BCUT2D eigenvalue weighted by Crippen LogP contribution is 2.30. The number of aryl methyl sites for hydroxylation is 1. The summed E-state index contributed by atoms with van der Waals surface area (Å²) >= 11 is 5.91. The van der Waals surface area contributed by atoms with Crippen LogP contribution in [0.3, 0.4) is 0 Å². The summed E-state index contributed by atoms with van der Waals surface area (Å²) in [6, 6.07) is 16.5. The first kappa shape index (κ1) is 18.2. The van der Waals surface area contributed by atoms with E-state index in [2.05, 4.69) is 20.6 Å². The van der Waals surface area contributed by atoms with E-state index in [1.54, 1.807) is 18.3 Å². The van der Waals surface area contributed by atoms with Crippen LogP contribution in [0.25, 0.3) is 10.9 Å². The van der Waals surface area contributed by atoms with Crippen LogP contribution in [0.15, 0.2) is 67.0 Å². The van der Waals surface area contributed by atoms with Crippen molar-refractivity contribution in [3.05, 3.63) is 89.1 Å². The molecule has 4 nitrogen and oxygen atoms in total. The molecule has 2 N–H and O–H groups in total. The van der Waals surface area contributed by atoms with Gasteiger partial charge in [0, 0.05) is 47.1 Å². The van der Waals surface area contributed by atoms with Crippen LogP contribution in [0, 0.1) is 12.7 Å². The third-order valence-corrected chi connectivity index (χ3v) is 4.64. The first-order chi connectivity index (χ1) is 13.6. The summed E-state index contributed by atoms with van der Waals surface area (Å²) in [5, 5.41) is 7.78. The molecule has 2 aromatic heterocycles. The van der Waals surface area contributed by atoms with Gasteiger partial charge >= 0.3 is 0 Å². The predicted octanol–water partition coefficient (Wildman–Crippen LogP) is 6.09. The lowest BCUT2D eigenvalue weighted by molar-refractivity contribution is 0.628. The molecular weight excluding hydrogens is 375 g/mol. The second-order valence-corrected chi connectivity index (χ2v) is 6.92. The average molecular weight is 393 g/mol. The number of nitrogens with zero attached hydrogens (tertiary/aromatic N) is 2. The van der Waals surface area contributed by atoms with E-state index in [0.717, 1.165) is 33.5 Å². The molecule has 0 aliphatic rings. The van der Waals surface area contributed by atoms with Gasteiger partial charge in [0.1, 0.15) is 5.82 Å². The highest BCUT2D eigenvalue weighted by molar-refractivity contribution is 6.31. The Morgan fingerprint density at radius 3 is 2.68 bits per heavy atom. The zero-order valence-electron chi connectivity index (χ0n) is 15.2. The SMILES string of the molecule is Cc1cc(Nc2ccc(F)c(Cl)c2)c2cc(NCc3cccnc3)ccc2n1. The fourth-order valence-corrected chi connectivity index (χ4v) is 3.19. The summed E-state index contributed by atoms with van der Waals surface area (Å²) in [4.78, 5) is 8.74. The molecule has 0 bridgehead atoms. The third-order valence-electron chi connectivity index (χ3n) is 4.35. The number of nitrogens with one attached hydrogen (secondary N) is 2. The first-order valence-electron chi connectivity index (χ1n) is 8.85. The number of rotatable bonds is 5. The smallest absolute Gasteiger partial charge is 0.141 e. The van der Waals surface area contributed by atoms with E-state index in [-0.39, 0.29) is 5.02 Å². The van der Waals surface area contributed by atoms with E-state index in [9.17, 15) is 4.39 Å². The van der Waals surface area contributed by atoms with Crippen molar-refractivity contribution in [3.63, 3.8) is 0 Å². The zero-order chi connectivity index (χ0) is 19.5. The molecule has 0 saturated carbocycles. The van der Waals surface area contributed by atoms with Crippen molar-refractivity contribution in [1.82, 2.24) is 9.97 Å². The molecule has 0 unspecified atom stereocenters. The summed E-state index contributed by atoms with van der Waals surface area (Å²) in [6.45, 7) is 2.62. The second-order valence-electron chi connectivity index (χ2n) is 6.51. The second kappa shape index (κ2) is 7.82. The van der Waals surface area contributed by atoms with Crippen molar-refractivity contribution < 1.29 is 4.39 Å². The summed E-state index contributed by atoms with van der Waals surface area (Å²) in [5.74, 6) is -0.440. The zero-order valence-corrected chi connectivity index (χ0v) is 16.0. The molecule has 0 fully saturated rings. The van der Waals surface area contributed by atoms with E-state index in [0.29, 0.717) is 12.2 Å². The van der Waals surface area contributed by atoms with Gasteiger partial charge in [-0.2, -0.15) is 0 Å².